The molecular weight excluding hydrogens is 303 g/mol. The van der Waals surface area contributed by atoms with Crippen molar-refractivity contribution in [3.63, 3.8) is 0 Å². The molecule has 1 saturated heterocycles. The van der Waals surface area contributed by atoms with Crippen LogP contribution in [0.15, 0.2) is 0 Å². The van der Waals surface area contributed by atoms with Crippen molar-refractivity contribution in [2.45, 2.75) is 69.7 Å². The van der Waals surface area contributed by atoms with Gasteiger partial charge in [-0.15, -0.1) is 12.6 Å². The first-order valence-corrected chi connectivity index (χ1v) is 8.99. The van der Waals surface area contributed by atoms with Gasteiger partial charge in [-0.3, -0.25) is 0 Å². The van der Waals surface area contributed by atoms with Gasteiger partial charge in [-0.25, -0.2) is 0 Å². The molecule has 0 aromatic rings. The smallest absolute Gasteiger partial charge is 0.109 e. The number of ether oxygens (including phenoxy) is 2. The van der Waals surface area contributed by atoms with Crippen LogP contribution in [-0.4, -0.2) is 30.4 Å². The van der Waals surface area contributed by atoms with Gasteiger partial charge in [0.05, 0.1) is 26.6 Å². The summed E-state index contributed by atoms with van der Waals surface area (Å²) >= 11 is 4.22. The number of rotatable bonds is 9. The average Bonchev–Trinajstić information content (AvgIpc) is 2.67. The Morgan fingerprint density at radius 1 is 1.35 bits per heavy atom. The Labute approximate surface area is 125 Å². The van der Waals surface area contributed by atoms with Gasteiger partial charge in [0.1, 0.15) is 11.5 Å². The Morgan fingerprint density at radius 3 is 2.45 bits per heavy atom. The largest absolute Gasteiger partial charge is 0.790 e. The van der Waals surface area contributed by atoms with Gasteiger partial charge in [0.2, 0.25) is 0 Å². The summed E-state index contributed by atoms with van der Waals surface area (Å²) in [6.45, 7) is 3.87. The highest BCUT2D eigenvalue weighted by molar-refractivity contribution is 7.80. The Kier molecular flexibility index (Phi) is 8.05. The minimum Gasteiger partial charge on any atom is -0.790 e. The number of phosphoric ester groups is 1. The van der Waals surface area contributed by atoms with Crippen LogP contribution in [0.4, 0.5) is 0 Å². The third kappa shape index (κ3) is 6.89. The summed E-state index contributed by atoms with van der Waals surface area (Å²) < 4.78 is 26.3. The van der Waals surface area contributed by atoms with E-state index < -0.39 is 13.9 Å². The molecule has 8 heteroatoms. The highest BCUT2D eigenvalue weighted by Crippen LogP contribution is 2.32. The molecule has 1 unspecified atom stereocenters. The van der Waals surface area contributed by atoms with Crippen molar-refractivity contribution in [2.75, 3.05) is 6.61 Å². The summed E-state index contributed by atoms with van der Waals surface area (Å²) in [5.74, 6) is 0. The lowest BCUT2D eigenvalue weighted by molar-refractivity contribution is -0.343. The molecular formula is C12H23O6PS-2. The van der Waals surface area contributed by atoms with Gasteiger partial charge in [0, 0.05) is 6.42 Å². The SMILES string of the molecule is CCCC(CCC)OC1C[C@H](S)O[C@@H]1COP(=O)([O-])[O-]. The number of hydrogen-bond donors (Lipinski definition) is 1. The molecule has 120 valence electrons. The Hall–Kier alpha value is 0.380. The van der Waals surface area contributed by atoms with Crippen LogP contribution in [-0.2, 0) is 18.6 Å². The molecule has 1 heterocycles. The fourth-order valence-corrected chi connectivity index (χ4v) is 3.02. The van der Waals surface area contributed by atoms with E-state index in [1.165, 1.54) is 0 Å². The standard InChI is InChI=1S/C12H25O6PS/c1-3-5-9(6-4-2)17-10-7-12(20)18-11(10)8-16-19(13,14)15/h9-12,20H,3-8H2,1-2H3,(H2,13,14,15)/p-2/t10?,11-,12+/m1/s1. The summed E-state index contributed by atoms with van der Waals surface area (Å²) in [5, 5.41) is 0. The highest BCUT2D eigenvalue weighted by Gasteiger charge is 2.36. The predicted octanol–water partition coefficient (Wildman–Crippen LogP) is 1.23. The van der Waals surface area contributed by atoms with Gasteiger partial charge in [-0.1, -0.05) is 26.7 Å². The molecule has 0 aromatic heterocycles. The van der Waals surface area contributed by atoms with Crippen molar-refractivity contribution >= 4 is 20.5 Å². The van der Waals surface area contributed by atoms with Gasteiger partial charge in [-0.05, 0) is 12.8 Å². The molecule has 0 bridgehead atoms. The van der Waals surface area contributed by atoms with E-state index in [4.69, 9.17) is 9.47 Å². The second kappa shape index (κ2) is 8.73. The van der Waals surface area contributed by atoms with Crippen molar-refractivity contribution < 1.29 is 28.3 Å². The number of phosphoric acid groups is 1. The van der Waals surface area contributed by atoms with Crippen molar-refractivity contribution in [3.05, 3.63) is 0 Å². The second-order valence-electron chi connectivity index (χ2n) is 4.98. The van der Waals surface area contributed by atoms with Crippen molar-refractivity contribution in [1.29, 1.82) is 0 Å². The molecule has 1 rings (SSSR count). The van der Waals surface area contributed by atoms with E-state index in [9.17, 15) is 14.4 Å². The summed E-state index contributed by atoms with van der Waals surface area (Å²) in [7, 11) is -4.98. The van der Waals surface area contributed by atoms with Crippen molar-refractivity contribution in [3.8, 4) is 0 Å². The maximum Gasteiger partial charge on any atom is 0.109 e. The lowest BCUT2D eigenvalue weighted by atomic mass is 10.1. The van der Waals surface area contributed by atoms with Gasteiger partial charge in [0.25, 0.3) is 0 Å². The topological polar surface area (TPSA) is 90.9 Å². The minimum atomic E-state index is -4.98. The van der Waals surface area contributed by atoms with Gasteiger partial charge >= 0.3 is 0 Å². The van der Waals surface area contributed by atoms with Crippen molar-refractivity contribution in [2.24, 2.45) is 0 Å². The molecule has 1 aliphatic rings. The van der Waals surface area contributed by atoms with Gasteiger partial charge < -0.3 is 28.3 Å². The Morgan fingerprint density at radius 2 is 1.95 bits per heavy atom. The zero-order valence-corrected chi connectivity index (χ0v) is 13.7. The minimum absolute atomic E-state index is 0.117. The van der Waals surface area contributed by atoms with Crippen LogP contribution in [0.2, 0.25) is 0 Å². The summed E-state index contributed by atoms with van der Waals surface area (Å²) in [6.07, 6.45) is 3.74. The highest BCUT2D eigenvalue weighted by atomic mass is 32.1. The van der Waals surface area contributed by atoms with Gasteiger partial charge in [-0.2, -0.15) is 0 Å². The lowest BCUT2D eigenvalue weighted by Crippen LogP contribution is -2.33. The molecule has 20 heavy (non-hydrogen) atoms. The number of thiol groups is 1. The molecule has 3 atom stereocenters. The molecule has 0 radical (unpaired) electrons. The van der Waals surface area contributed by atoms with Crippen LogP contribution in [0.25, 0.3) is 0 Å². The Bertz CT molecular complexity index is 317. The third-order valence-electron chi connectivity index (χ3n) is 3.17. The van der Waals surface area contributed by atoms with Crippen LogP contribution in [0.1, 0.15) is 46.0 Å². The quantitative estimate of drug-likeness (QED) is 0.506. The third-order valence-corrected chi connectivity index (χ3v) is 3.96. The summed E-state index contributed by atoms with van der Waals surface area (Å²) in [5.41, 5.74) is -0.324. The molecule has 0 N–H and O–H groups in total. The first kappa shape index (κ1) is 18.4. The van der Waals surface area contributed by atoms with Crippen molar-refractivity contribution in [1.82, 2.24) is 0 Å². The van der Waals surface area contributed by atoms with E-state index >= 15 is 0 Å². The zero-order chi connectivity index (χ0) is 15.2. The summed E-state index contributed by atoms with van der Waals surface area (Å²) in [6, 6.07) is 0. The number of hydrogen-bond acceptors (Lipinski definition) is 7. The van der Waals surface area contributed by atoms with E-state index in [1.807, 2.05) is 0 Å². The lowest BCUT2D eigenvalue weighted by Gasteiger charge is -2.31. The maximum absolute atomic E-state index is 10.5. The van der Waals surface area contributed by atoms with E-state index in [0.717, 1.165) is 25.7 Å². The van der Waals surface area contributed by atoms with Crippen LogP contribution in [0.5, 0.6) is 0 Å². The molecule has 0 saturated carbocycles. The fourth-order valence-electron chi connectivity index (χ4n) is 2.32. The molecule has 6 nitrogen and oxygen atoms in total. The Balaban J connectivity index is 2.53. The first-order chi connectivity index (χ1) is 9.35. The predicted molar refractivity (Wildman–Crippen MR) is 74.3 cm³/mol. The van der Waals surface area contributed by atoms with Crippen LogP contribution >= 0.6 is 20.5 Å². The van der Waals surface area contributed by atoms with Crippen LogP contribution in [0, 0.1) is 0 Å². The fraction of sp³-hybridized carbons (Fsp3) is 1.00. The molecule has 1 fully saturated rings. The van der Waals surface area contributed by atoms with Crippen LogP contribution < -0.4 is 9.79 Å². The normalized spacial score (nSPS) is 27.4. The maximum atomic E-state index is 10.5. The average molecular weight is 326 g/mol. The molecule has 0 aromatic carbocycles. The zero-order valence-electron chi connectivity index (χ0n) is 11.9. The molecule has 0 amide bonds. The first-order valence-electron chi connectivity index (χ1n) is 7.01. The van der Waals surface area contributed by atoms with Crippen LogP contribution in [0.3, 0.4) is 0 Å². The monoisotopic (exact) mass is 326 g/mol. The molecule has 1 aliphatic heterocycles. The summed E-state index contributed by atoms with van der Waals surface area (Å²) in [4.78, 5) is 21.1. The van der Waals surface area contributed by atoms with E-state index in [0.29, 0.717) is 6.42 Å². The van der Waals surface area contributed by atoms with E-state index in [1.54, 1.807) is 0 Å². The molecule has 0 spiro atoms. The molecule has 0 aliphatic carbocycles. The van der Waals surface area contributed by atoms with Gasteiger partial charge in [0.15, 0.2) is 0 Å². The van der Waals surface area contributed by atoms with E-state index in [-0.39, 0.29) is 24.3 Å². The second-order valence-corrected chi connectivity index (χ2v) is 6.71. The van der Waals surface area contributed by atoms with E-state index in [2.05, 4.69) is 31.0 Å².